The second-order valence-corrected chi connectivity index (χ2v) is 7.75. The normalized spacial score (nSPS) is 19.8. The van der Waals surface area contributed by atoms with Crippen LogP contribution in [0.2, 0.25) is 0 Å². The van der Waals surface area contributed by atoms with Crippen molar-refractivity contribution in [2.45, 2.75) is 43.4 Å². The standard InChI is InChI=1S/C16H21N3O3S/c1-2-7-15-17-16(22-18-15)13-8-6-11-19(12-13)23(20,21)14-9-4-3-5-10-14/h3-5,9-10,13H,2,6-8,11-12H2,1H3/t13-/m0/s1. The van der Waals surface area contributed by atoms with Crippen molar-refractivity contribution >= 4 is 10.0 Å². The molecule has 3 rings (SSSR count). The van der Waals surface area contributed by atoms with Gasteiger partial charge in [-0.2, -0.15) is 9.29 Å². The monoisotopic (exact) mass is 335 g/mol. The summed E-state index contributed by atoms with van der Waals surface area (Å²) in [6.07, 6.45) is 3.40. The van der Waals surface area contributed by atoms with E-state index < -0.39 is 10.0 Å². The van der Waals surface area contributed by atoms with Crippen molar-refractivity contribution in [3.8, 4) is 0 Å². The van der Waals surface area contributed by atoms with Crippen LogP contribution in [0.25, 0.3) is 0 Å². The molecule has 2 heterocycles. The van der Waals surface area contributed by atoms with Gasteiger partial charge in [-0.25, -0.2) is 8.42 Å². The van der Waals surface area contributed by atoms with Gasteiger partial charge in [-0.3, -0.25) is 0 Å². The van der Waals surface area contributed by atoms with Crippen molar-refractivity contribution in [2.24, 2.45) is 0 Å². The van der Waals surface area contributed by atoms with E-state index in [0.717, 1.165) is 25.7 Å². The molecule has 1 aliphatic heterocycles. The zero-order chi connectivity index (χ0) is 16.3. The molecule has 0 saturated carbocycles. The first kappa shape index (κ1) is 16.1. The van der Waals surface area contributed by atoms with Crippen molar-refractivity contribution in [1.82, 2.24) is 14.4 Å². The van der Waals surface area contributed by atoms with Crippen LogP contribution in [0.15, 0.2) is 39.8 Å². The van der Waals surface area contributed by atoms with Gasteiger partial charge in [-0.1, -0.05) is 30.3 Å². The highest BCUT2D eigenvalue weighted by molar-refractivity contribution is 7.89. The molecule has 1 aromatic heterocycles. The van der Waals surface area contributed by atoms with E-state index in [1.54, 1.807) is 24.3 Å². The number of aromatic nitrogens is 2. The number of nitrogens with zero attached hydrogens (tertiary/aromatic N) is 3. The molecule has 0 amide bonds. The Kier molecular flexibility index (Phi) is 4.77. The maximum Gasteiger partial charge on any atom is 0.243 e. The molecule has 1 fully saturated rings. The highest BCUT2D eigenvalue weighted by Crippen LogP contribution is 2.29. The molecule has 0 radical (unpaired) electrons. The second-order valence-electron chi connectivity index (χ2n) is 5.81. The molecule has 2 aromatic rings. The zero-order valence-corrected chi connectivity index (χ0v) is 14.0. The first-order chi connectivity index (χ1) is 11.1. The average Bonchev–Trinajstić information content (AvgIpc) is 3.05. The maximum absolute atomic E-state index is 12.7. The largest absolute Gasteiger partial charge is 0.339 e. The molecule has 124 valence electrons. The third-order valence-electron chi connectivity index (χ3n) is 4.07. The maximum atomic E-state index is 12.7. The van der Waals surface area contributed by atoms with Crippen LogP contribution < -0.4 is 0 Å². The summed E-state index contributed by atoms with van der Waals surface area (Å²) in [5.74, 6) is 1.23. The molecule has 0 bridgehead atoms. The van der Waals surface area contributed by atoms with E-state index in [1.807, 2.05) is 6.07 Å². The highest BCUT2D eigenvalue weighted by Gasteiger charge is 2.33. The van der Waals surface area contributed by atoms with Crippen molar-refractivity contribution in [3.63, 3.8) is 0 Å². The number of sulfonamides is 1. The summed E-state index contributed by atoms with van der Waals surface area (Å²) in [4.78, 5) is 4.74. The fraction of sp³-hybridized carbons (Fsp3) is 0.500. The molecule has 0 spiro atoms. The van der Waals surface area contributed by atoms with Crippen molar-refractivity contribution in [1.29, 1.82) is 0 Å². The molecule has 23 heavy (non-hydrogen) atoms. The van der Waals surface area contributed by atoms with Gasteiger partial charge in [0.15, 0.2) is 5.82 Å². The molecule has 0 N–H and O–H groups in total. The minimum Gasteiger partial charge on any atom is -0.339 e. The minimum absolute atomic E-state index is 0.0275. The van der Waals surface area contributed by atoms with Gasteiger partial charge in [0.05, 0.1) is 10.8 Å². The van der Waals surface area contributed by atoms with E-state index in [1.165, 1.54) is 4.31 Å². The van der Waals surface area contributed by atoms with Crippen LogP contribution in [0, 0.1) is 0 Å². The van der Waals surface area contributed by atoms with Crippen LogP contribution in [0.1, 0.15) is 43.8 Å². The average molecular weight is 335 g/mol. The Balaban J connectivity index is 1.77. The first-order valence-electron chi connectivity index (χ1n) is 7.99. The smallest absolute Gasteiger partial charge is 0.243 e. The van der Waals surface area contributed by atoms with Gasteiger partial charge in [-0.05, 0) is 31.4 Å². The summed E-state index contributed by atoms with van der Waals surface area (Å²) in [6, 6.07) is 8.55. The van der Waals surface area contributed by atoms with E-state index >= 15 is 0 Å². The Morgan fingerprint density at radius 3 is 2.83 bits per heavy atom. The molecule has 0 aliphatic carbocycles. The van der Waals surface area contributed by atoms with Crippen LogP contribution in [-0.2, 0) is 16.4 Å². The Bertz CT molecular complexity index is 743. The number of hydrogen-bond acceptors (Lipinski definition) is 5. The lowest BCUT2D eigenvalue weighted by atomic mass is 10.00. The van der Waals surface area contributed by atoms with Gasteiger partial charge in [-0.15, -0.1) is 0 Å². The molecule has 1 aliphatic rings. The van der Waals surface area contributed by atoms with E-state index in [2.05, 4.69) is 17.1 Å². The summed E-state index contributed by atoms with van der Waals surface area (Å²) in [5, 5.41) is 3.97. The minimum atomic E-state index is -3.46. The van der Waals surface area contributed by atoms with Crippen LogP contribution >= 0.6 is 0 Å². The number of aryl methyl sites for hydroxylation is 1. The number of rotatable bonds is 5. The van der Waals surface area contributed by atoms with Crippen LogP contribution in [-0.4, -0.2) is 36.0 Å². The number of benzene rings is 1. The van der Waals surface area contributed by atoms with E-state index in [-0.39, 0.29) is 5.92 Å². The highest BCUT2D eigenvalue weighted by atomic mass is 32.2. The van der Waals surface area contributed by atoms with Gasteiger partial charge < -0.3 is 4.52 Å². The molecule has 7 heteroatoms. The number of hydrogen-bond donors (Lipinski definition) is 0. The Morgan fingerprint density at radius 1 is 1.30 bits per heavy atom. The summed E-state index contributed by atoms with van der Waals surface area (Å²) in [7, 11) is -3.46. The molecule has 6 nitrogen and oxygen atoms in total. The quantitative estimate of drug-likeness (QED) is 0.839. The van der Waals surface area contributed by atoms with Crippen molar-refractivity contribution in [2.75, 3.05) is 13.1 Å². The molecule has 1 saturated heterocycles. The lowest BCUT2D eigenvalue weighted by molar-refractivity contribution is 0.265. The Labute approximate surface area is 136 Å². The van der Waals surface area contributed by atoms with Gasteiger partial charge in [0.25, 0.3) is 0 Å². The molecular weight excluding hydrogens is 314 g/mol. The molecule has 1 atom stereocenters. The van der Waals surface area contributed by atoms with Gasteiger partial charge in [0, 0.05) is 19.5 Å². The van der Waals surface area contributed by atoms with E-state index in [9.17, 15) is 8.42 Å². The van der Waals surface area contributed by atoms with Crippen LogP contribution in [0.3, 0.4) is 0 Å². The zero-order valence-electron chi connectivity index (χ0n) is 13.2. The predicted molar refractivity (Wildman–Crippen MR) is 85.5 cm³/mol. The van der Waals surface area contributed by atoms with E-state index in [4.69, 9.17) is 4.52 Å². The third-order valence-corrected chi connectivity index (χ3v) is 5.95. The number of piperidine rings is 1. The Hall–Kier alpha value is -1.73. The van der Waals surface area contributed by atoms with Crippen LogP contribution in [0.4, 0.5) is 0 Å². The van der Waals surface area contributed by atoms with Gasteiger partial charge in [0.2, 0.25) is 15.9 Å². The van der Waals surface area contributed by atoms with Gasteiger partial charge >= 0.3 is 0 Å². The summed E-state index contributed by atoms with van der Waals surface area (Å²) >= 11 is 0. The molecular formula is C16H21N3O3S. The van der Waals surface area contributed by atoms with Crippen molar-refractivity contribution < 1.29 is 12.9 Å². The molecule has 1 aromatic carbocycles. The summed E-state index contributed by atoms with van der Waals surface area (Å²) in [6.45, 7) is 2.99. The predicted octanol–water partition coefficient (Wildman–Crippen LogP) is 2.59. The summed E-state index contributed by atoms with van der Waals surface area (Å²) < 4.78 is 32.3. The fourth-order valence-corrected chi connectivity index (χ4v) is 4.41. The third kappa shape index (κ3) is 3.45. The first-order valence-corrected chi connectivity index (χ1v) is 9.43. The topological polar surface area (TPSA) is 76.3 Å². The van der Waals surface area contributed by atoms with Gasteiger partial charge in [0.1, 0.15) is 0 Å². The van der Waals surface area contributed by atoms with E-state index in [0.29, 0.717) is 29.7 Å². The van der Waals surface area contributed by atoms with Crippen molar-refractivity contribution in [3.05, 3.63) is 42.0 Å². The van der Waals surface area contributed by atoms with Crippen LogP contribution in [0.5, 0.6) is 0 Å². The second kappa shape index (κ2) is 6.80. The molecule has 0 unspecified atom stereocenters. The summed E-state index contributed by atoms with van der Waals surface area (Å²) in [5.41, 5.74) is 0. The SMILES string of the molecule is CCCc1noc([C@H]2CCCN(S(=O)(=O)c3ccccc3)C2)n1. The Morgan fingerprint density at radius 2 is 2.09 bits per heavy atom. The fourth-order valence-electron chi connectivity index (χ4n) is 2.86. The lowest BCUT2D eigenvalue weighted by Gasteiger charge is -2.30. The lowest BCUT2D eigenvalue weighted by Crippen LogP contribution is -2.39.